The van der Waals surface area contributed by atoms with Crippen molar-refractivity contribution in [3.8, 4) is 0 Å². The molecule has 0 radical (unpaired) electrons. The summed E-state index contributed by atoms with van der Waals surface area (Å²) in [4.78, 5) is 14.3. The Bertz CT molecular complexity index is 868. The van der Waals surface area contributed by atoms with Crippen molar-refractivity contribution in [3.63, 3.8) is 0 Å². The first-order chi connectivity index (χ1) is 12.5. The number of aromatic nitrogens is 1. The van der Waals surface area contributed by atoms with Crippen LogP contribution in [0.2, 0.25) is 0 Å². The van der Waals surface area contributed by atoms with Crippen molar-refractivity contribution in [1.29, 1.82) is 0 Å². The van der Waals surface area contributed by atoms with E-state index in [0.29, 0.717) is 50.5 Å². The minimum Gasteiger partial charge on any atom is -0.356 e. The molecule has 1 fully saturated rings. The molecule has 1 aromatic carbocycles. The highest BCUT2D eigenvalue weighted by molar-refractivity contribution is 7.86. The van der Waals surface area contributed by atoms with Gasteiger partial charge in [-0.05, 0) is 12.1 Å². The summed E-state index contributed by atoms with van der Waals surface area (Å²) in [6, 6.07) is 7.43. The lowest BCUT2D eigenvalue weighted by atomic mass is 10.1. The fraction of sp³-hybridized carbons (Fsp3) is 0.529. The predicted octanol–water partition coefficient (Wildman–Crippen LogP) is 1.10. The molecule has 8 nitrogen and oxygen atoms in total. The molecule has 142 valence electrons. The first-order valence-electron chi connectivity index (χ1n) is 8.83. The highest BCUT2D eigenvalue weighted by atomic mass is 32.2. The molecule has 0 bridgehead atoms. The largest absolute Gasteiger partial charge is 0.356 e. The number of hydrogen-bond donors (Lipinski definition) is 0. The van der Waals surface area contributed by atoms with Gasteiger partial charge in [0.25, 0.3) is 10.2 Å². The zero-order chi connectivity index (χ0) is 18.7. The Balaban J connectivity index is 1.62. The Kier molecular flexibility index (Phi) is 5.59. The normalized spacial score (nSPS) is 16.5. The van der Waals surface area contributed by atoms with E-state index in [0.717, 1.165) is 5.39 Å². The summed E-state index contributed by atoms with van der Waals surface area (Å²) in [6.07, 6.45) is 0.153. The van der Waals surface area contributed by atoms with Gasteiger partial charge in [0.05, 0.1) is 6.42 Å². The standard InChI is InChI=1S/C17H24N4O4S/c1-3-20(4-2)26(23,24)21-11-9-19(10-12-21)17(22)13-15-14-7-5-6-8-16(14)25-18-15/h5-8H,3-4,9-13H2,1-2H3. The number of carbonyl (C=O) groups excluding carboxylic acids is 1. The van der Waals surface area contributed by atoms with E-state index in [1.54, 1.807) is 4.90 Å². The number of rotatable bonds is 6. The van der Waals surface area contributed by atoms with Gasteiger partial charge in [-0.15, -0.1) is 0 Å². The second-order valence-electron chi connectivity index (χ2n) is 6.17. The van der Waals surface area contributed by atoms with Crippen LogP contribution in [0, 0.1) is 0 Å². The topological polar surface area (TPSA) is 87.0 Å². The number of amides is 1. The quantitative estimate of drug-likeness (QED) is 0.749. The highest BCUT2D eigenvalue weighted by Gasteiger charge is 2.32. The lowest BCUT2D eigenvalue weighted by molar-refractivity contribution is -0.131. The summed E-state index contributed by atoms with van der Waals surface area (Å²) in [6.45, 7) is 5.92. The molecular formula is C17H24N4O4S. The minimum absolute atomic E-state index is 0.0658. The second kappa shape index (κ2) is 7.73. The third-order valence-corrected chi connectivity index (χ3v) is 6.91. The van der Waals surface area contributed by atoms with E-state index in [-0.39, 0.29) is 12.3 Å². The number of piperazine rings is 1. The van der Waals surface area contributed by atoms with Gasteiger partial charge in [0.2, 0.25) is 5.91 Å². The molecule has 2 heterocycles. The first kappa shape index (κ1) is 18.8. The Labute approximate surface area is 153 Å². The molecular weight excluding hydrogens is 356 g/mol. The molecule has 0 atom stereocenters. The molecule has 9 heteroatoms. The fourth-order valence-electron chi connectivity index (χ4n) is 3.20. The maximum absolute atomic E-state index is 12.6. The number of benzene rings is 1. The highest BCUT2D eigenvalue weighted by Crippen LogP contribution is 2.19. The van der Waals surface area contributed by atoms with Gasteiger partial charge in [-0.3, -0.25) is 4.79 Å². The summed E-state index contributed by atoms with van der Waals surface area (Å²) in [5, 5.41) is 4.83. The van der Waals surface area contributed by atoms with Crippen molar-refractivity contribution in [2.24, 2.45) is 0 Å². The van der Waals surface area contributed by atoms with Crippen molar-refractivity contribution < 1.29 is 17.7 Å². The van der Waals surface area contributed by atoms with E-state index in [2.05, 4.69) is 5.16 Å². The number of nitrogens with zero attached hydrogens (tertiary/aromatic N) is 4. The van der Waals surface area contributed by atoms with E-state index in [1.165, 1.54) is 8.61 Å². The van der Waals surface area contributed by atoms with Crippen molar-refractivity contribution in [2.75, 3.05) is 39.3 Å². The van der Waals surface area contributed by atoms with Crippen LogP contribution in [0.5, 0.6) is 0 Å². The lowest BCUT2D eigenvalue weighted by Crippen LogP contribution is -2.54. The zero-order valence-electron chi connectivity index (χ0n) is 15.1. The van der Waals surface area contributed by atoms with Crippen molar-refractivity contribution in [2.45, 2.75) is 20.3 Å². The number of hydrogen-bond acceptors (Lipinski definition) is 5. The van der Waals surface area contributed by atoms with Gasteiger partial charge in [-0.2, -0.15) is 17.0 Å². The van der Waals surface area contributed by atoms with Crippen LogP contribution in [0.4, 0.5) is 0 Å². The molecule has 1 aromatic heterocycles. The maximum atomic E-state index is 12.6. The third kappa shape index (κ3) is 3.60. The van der Waals surface area contributed by atoms with Crippen LogP contribution >= 0.6 is 0 Å². The van der Waals surface area contributed by atoms with Crippen LogP contribution in [-0.4, -0.2) is 72.3 Å². The molecule has 1 saturated heterocycles. The Morgan fingerprint density at radius 3 is 2.46 bits per heavy atom. The smallest absolute Gasteiger partial charge is 0.282 e. The molecule has 0 unspecified atom stereocenters. The number of fused-ring (bicyclic) bond motifs is 1. The van der Waals surface area contributed by atoms with Gasteiger partial charge in [0, 0.05) is 44.7 Å². The summed E-state index contributed by atoms with van der Waals surface area (Å²) in [5.74, 6) is -0.0658. The zero-order valence-corrected chi connectivity index (χ0v) is 15.9. The second-order valence-corrected chi connectivity index (χ2v) is 8.10. The Morgan fingerprint density at radius 2 is 1.81 bits per heavy atom. The van der Waals surface area contributed by atoms with Gasteiger partial charge >= 0.3 is 0 Å². The molecule has 0 saturated carbocycles. The molecule has 0 spiro atoms. The Morgan fingerprint density at radius 1 is 1.15 bits per heavy atom. The molecule has 1 aliphatic rings. The number of carbonyl (C=O) groups is 1. The van der Waals surface area contributed by atoms with Crippen LogP contribution in [0.15, 0.2) is 28.8 Å². The Hall–Kier alpha value is -1.97. The molecule has 2 aromatic rings. The van der Waals surface area contributed by atoms with Gasteiger partial charge in [0.1, 0.15) is 5.69 Å². The van der Waals surface area contributed by atoms with E-state index in [1.807, 2.05) is 38.1 Å². The molecule has 0 aliphatic carbocycles. The molecule has 1 aliphatic heterocycles. The van der Waals surface area contributed by atoms with Crippen LogP contribution < -0.4 is 0 Å². The first-order valence-corrected chi connectivity index (χ1v) is 10.2. The molecule has 0 N–H and O–H groups in total. The fourth-order valence-corrected chi connectivity index (χ4v) is 4.81. The summed E-state index contributed by atoms with van der Waals surface area (Å²) >= 11 is 0. The molecule has 3 rings (SSSR count). The molecule has 1 amide bonds. The average Bonchev–Trinajstić information content (AvgIpc) is 3.05. The van der Waals surface area contributed by atoms with Crippen molar-refractivity contribution >= 4 is 27.1 Å². The lowest BCUT2D eigenvalue weighted by Gasteiger charge is -2.36. The van der Waals surface area contributed by atoms with Gasteiger partial charge in [0.15, 0.2) is 5.58 Å². The van der Waals surface area contributed by atoms with Gasteiger partial charge in [-0.1, -0.05) is 31.1 Å². The number of para-hydroxylation sites is 1. The van der Waals surface area contributed by atoms with Crippen molar-refractivity contribution in [1.82, 2.24) is 18.7 Å². The third-order valence-electron chi connectivity index (χ3n) is 4.72. The van der Waals surface area contributed by atoms with Crippen LogP contribution in [0.1, 0.15) is 19.5 Å². The molecule has 26 heavy (non-hydrogen) atoms. The van der Waals surface area contributed by atoms with Gasteiger partial charge < -0.3 is 9.42 Å². The van der Waals surface area contributed by atoms with Crippen LogP contribution in [0.3, 0.4) is 0 Å². The van der Waals surface area contributed by atoms with Crippen LogP contribution in [-0.2, 0) is 21.4 Å². The van der Waals surface area contributed by atoms with Gasteiger partial charge in [-0.25, -0.2) is 0 Å². The summed E-state index contributed by atoms with van der Waals surface area (Å²) < 4.78 is 33.2. The predicted molar refractivity (Wildman–Crippen MR) is 97.7 cm³/mol. The average molecular weight is 380 g/mol. The van der Waals surface area contributed by atoms with E-state index in [9.17, 15) is 13.2 Å². The monoisotopic (exact) mass is 380 g/mol. The van der Waals surface area contributed by atoms with E-state index < -0.39 is 10.2 Å². The van der Waals surface area contributed by atoms with E-state index >= 15 is 0 Å². The van der Waals surface area contributed by atoms with E-state index in [4.69, 9.17) is 4.52 Å². The summed E-state index contributed by atoms with van der Waals surface area (Å²) in [7, 11) is -3.45. The van der Waals surface area contributed by atoms with Crippen molar-refractivity contribution in [3.05, 3.63) is 30.0 Å². The SMILES string of the molecule is CCN(CC)S(=O)(=O)N1CCN(C(=O)Cc2noc3ccccc23)CC1. The minimum atomic E-state index is -3.45. The maximum Gasteiger partial charge on any atom is 0.282 e. The summed E-state index contributed by atoms with van der Waals surface area (Å²) in [5.41, 5.74) is 1.27. The van der Waals surface area contributed by atoms with Crippen LogP contribution in [0.25, 0.3) is 11.0 Å².